The number of rotatable bonds is 4. The van der Waals surface area contributed by atoms with Gasteiger partial charge < -0.3 is 15.2 Å². The van der Waals surface area contributed by atoms with Crippen LogP contribution in [0.3, 0.4) is 0 Å². The highest BCUT2D eigenvalue weighted by molar-refractivity contribution is 5.89. The highest BCUT2D eigenvalue weighted by atomic mass is 35.5. The number of halogens is 1. The normalized spacial score (nSPS) is 16.9. The summed E-state index contributed by atoms with van der Waals surface area (Å²) < 4.78 is 6.10. The molecule has 1 saturated heterocycles. The van der Waals surface area contributed by atoms with E-state index in [1.807, 2.05) is 18.2 Å². The average Bonchev–Trinajstić information content (AvgIpc) is 3.24. The summed E-state index contributed by atoms with van der Waals surface area (Å²) in [6.45, 7) is 2.81. The first-order valence-electron chi connectivity index (χ1n) is 7.89. The predicted molar refractivity (Wildman–Crippen MR) is 96.9 cm³/mol. The Labute approximate surface area is 146 Å². The minimum Gasteiger partial charge on any atom is -0.508 e. The van der Waals surface area contributed by atoms with Gasteiger partial charge in [-0.1, -0.05) is 12.1 Å². The maximum absolute atomic E-state index is 9.46. The maximum Gasteiger partial charge on any atom is 0.130 e. The zero-order valence-electron chi connectivity index (χ0n) is 13.2. The van der Waals surface area contributed by atoms with E-state index >= 15 is 0 Å². The van der Waals surface area contributed by atoms with E-state index in [1.165, 1.54) is 0 Å². The molecule has 0 unspecified atom stereocenters. The van der Waals surface area contributed by atoms with Crippen molar-refractivity contribution in [2.24, 2.45) is 5.92 Å². The van der Waals surface area contributed by atoms with Gasteiger partial charge in [0.05, 0.1) is 23.7 Å². The largest absolute Gasteiger partial charge is 0.508 e. The van der Waals surface area contributed by atoms with Crippen molar-refractivity contribution in [1.82, 2.24) is 15.5 Å². The van der Waals surface area contributed by atoms with E-state index < -0.39 is 0 Å². The van der Waals surface area contributed by atoms with Crippen LogP contribution < -0.4 is 10.1 Å². The van der Waals surface area contributed by atoms with Crippen LogP contribution in [0.15, 0.2) is 42.6 Å². The quantitative estimate of drug-likeness (QED) is 0.678. The molecule has 126 valence electrons. The van der Waals surface area contributed by atoms with Crippen molar-refractivity contribution in [2.75, 3.05) is 19.7 Å². The lowest BCUT2D eigenvalue weighted by atomic mass is 10.0. The van der Waals surface area contributed by atoms with Gasteiger partial charge in [-0.25, -0.2) is 0 Å². The Kier molecular flexibility index (Phi) is 4.92. The number of phenolic OH excluding ortho intramolecular Hbond substituents is 1. The number of aromatic hydroxyl groups is 1. The molecule has 0 radical (unpaired) electrons. The number of hydrogen-bond donors (Lipinski definition) is 3. The fourth-order valence-corrected chi connectivity index (χ4v) is 3.02. The van der Waals surface area contributed by atoms with Crippen LogP contribution in [0.5, 0.6) is 11.5 Å². The average molecular weight is 346 g/mol. The maximum atomic E-state index is 9.46. The van der Waals surface area contributed by atoms with Crippen molar-refractivity contribution in [3.8, 4) is 22.6 Å². The van der Waals surface area contributed by atoms with Crippen molar-refractivity contribution in [2.45, 2.75) is 6.42 Å². The minimum absolute atomic E-state index is 0. The lowest BCUT2D eigenvalue weighted by Crippen LogP contribution is -2.15. The van der Waals surface area contributed by atoms with Gasteiger partial charge in [-0.2, -0.15) is 5.10 Å². The molecule has 3 aromatic rings. The van der Waals surface area contributed by atoms with Crippen LogP contribution in [0.1, 0.15) is 6.42 Å². The molecule has 0 spiro atoms. The number of nitrogens with one attached hydrogen (secondary N) is 2. The highest BCUT2D eigenvalue weighted by Crippen LogP contribution is 2.32. The van der Waals surface area contributed by atoms with E-state index in [0.717, 1.165) is 47.3 Å². The molecule has 0 aliphatic carbocycles. The van der Waals surface area contributed by atoms with Gasteiger partial charge in [0.2, 0.25) is 0 Å². The zero-order valence-corrected chi connectivity index (χ0v) is 14.0. The fourth-order valence-electron chi connectivity index (χ4n) is 3.02. The van der Waals surface area contributed by atoms with E-state index in [9.17, 15) is 5.11 Å². The molecule has 2 aromatic carbocycles. The molecule has 1 aromatic heterocycles. The van der Waals surface area contributed by atoms with E-state index in [-0.39, 0.29) is 18.2 Å². The van der Waals surface area contributed by atoms with E-state index in [0.29, 0.717) is 12.5 Å². The molecule has 5 nitrogen and oxygen atoms in total. The first kappa shape index (κ1) is 16.6. The Morgan fingerprint density at radius 1 is 1.17 bits per heavy atom. The van der Waals surface area contributed by atoms with Crippen molar-refractivity contribution < 1.29 is 9.84 Å². The van der Waals surface area contributed by atoms with E-state index in [4.69, 9.17) is 4.74 Å². The van der Waals surface area contributed by atoms with E-state index in [2.05, 4.69) is 21.6 Å². The molecular weight excluding hydrogens is 326 g/mol. The Morgan fingerprint density at radius 3 is 2.75 bits per heavy atom. The third-order valence-corrected chi connectivity index (χ3v) is 4.36. The number of ether oxygens (including phenoxy) is 1. The number of phenols is 1. The molecule has 0 saturated carbocycles. The first-order valence-corrected chi connectivity index (χ1v) is 7.89. The number of benzene rings is 2. The van der Waals surface area contributed by atoms with Gasteiger partial charge in [-0.05, 0) is 48.4 Å². The Morgan fingerprint density at radius 2 is 2.00 bits per heavy atom. The number of fused-ring (bicyclic) bond motifs is 1. The summed E-state index contributed by atoms with van der Waals surface area (Å²) >= 11 is 0. The van der Waals surface area contributed by atoms with Crippen molar-refractivity contribution >= 4 is 23.3 Å². The molecule has 3 N–H and O–H groups in total. The smallest absolute Gasteiger partial charge is 0.130 e. The fraction of sp³-hybridized carbons (Fsp3) is 0.278. The standard InChI is InChI=1S/C18H19N3O2.ClH/c22-15-3-1-13(2-4-15)14-7-17-16(10-20-21-17)18(8-14)23-11-12-5-6-19-9-12;/h1-4,7-8,10,12,19,22H,5-6,9,11H2,(H,20,21);1H/t12-;/m0./s1. The van der Waals surface area contributed by atoms with Crippen molar-refractivity contribution in [3.63, 3.8) is 0 Å². The third kappa shape index (κ3) is 3.32. The van der Waals surface area contributed by atoms with Crippen LogP contribution in [-0.2, 0) is 0 Å². The van der Waals surface area contributed by atoms with Crippen molar-refractivity contribution in [1.29, 1.82) is 0 Å². The second kappa shape index (κ2) is 7.11. The molecule has 6 heteroatoms. The first-order chi connectivity index (χ1) is 11.3. The highest BCUT2D eigenvalue weighted by Gasteiger charge is 2.16. The molecule has 0 amide bonds. The summed E-state index contributed by atoms with van der Waals surface area (Å²) in [6.07, 6.45) is 2.96. The third-order valence-electron chi connectivity index (χ3n) is 4.36. The van der Waals surface area contributed by atoms with Crippen LogP contribution >= 0.6 is 12.4 Å². The van der Waals surface area contributed by atoms with Gasteiger partial charge in [0.1, 0.15) is 11.5 Å². The van der Waals surface area contributed by atoms with E-state index in [1.54, 1.807) is 18.3 Å². The van der Waals surface area contributed by atoms with Crippen LogP contribution in [0.4, 0.5) is 0 Å². The lowest BCUT2D eigenvalue weighted by molar-refractivity contribution is 0.263. The summed E-state index contributed by atoms with van der Waals surface area (Å²) in [7, 11) is 0. The number of aromatic amines is 1. The number of aromatic nitrogens is 2. The SMILES string of the molecule is Cl.Oc1ccc(-c2cc(OC[C@H]3CCNC3)c3cn[nH]c3c2)cc1. The lowest BCUT2D eigenvalue weighted by Gasteiger charge is -2.13. The molecular formula is C18H20ClN3O2. The van der Waals surface area contributed by atoms with Gasteiger partial charge in [0, 0.05) is 12.5 Å². The summed E-state index contributed by atoms with van der Waals surface area (Å²) in [6, 6.07) is 11.3. The number of H-pyrrole nitrogens is 1. The molecule has 1 fully saturated rings. The molecule has 1 atom stereocenters. The number of hydrogen-bond acceptors (Lipinski definition) is 4. The van der Waals surface area contributed by atoms with Gasteiger partial charge in [-0.3, -0.25) is 5.10 Å². The van der Waals surface area contributed by atoms with Gasteiger partial charge >= 0.3 is 0 Å². The molecule has 4 rings (SSSR count). The Bertz CT molecular complexity index is 811. The summed E-state index contributed by atoms with van der Waals surface area (Å²) in [4.78, 5) is 0. The predicted octanol–water partition coefficient (Wildman–Crippen LogP) is 3.35. The monoisotopic (exact) mass is 345 g/mol. The van der Waals surface area contributed by atoms with Gasteiger partial charge in [-0.15, -0.1) is 12.4 Å². The van der Waals surface area contributed by atoms with Crippen LogP contribution in [-0.4, -0.2) is 35.0 Å². The van der Waals surface area contributed by atoms with Gasteiger partial charge in [0.25, 0.3) is 0 Å². The minimum atomic E-state index is 0. The molecule has 1 aliphatic heterocycles. The van der Waals surface area contributed by atoms with Gasteiger partial charge in [0.15, 0.2) is 0 Å². The molecule has 24 heavy (non-hydrogen) atoms. The van der Waals surface area contributed by atoms with Crippen molar-refractivity contribution in [3.05, 3.63) is 42.6 Å². The zero-order chi connectivity index (χ0) is 15.6. The second-order valence-electron chi connectivity index (χ2n) is 6.02. The van der Waals surface area contributed by atoms with Crippen LogP contribution in [0, 0.1) is 5.92 Å². The summed E-state index contributed by atoms with van der Waals surface area (Å²) in [5.41, 5.74) is 3.03. The summed E-state index contributed by atoms with van der Waals surface area (Å²) in [5, 5.41) is 21.0. The van der Waals surface area contributed by atoms with Crippen LogP contribution in [0.25, 0.3) is 22.0 Å². The molecule has 0 bridgehead atoms. The topological polar surface area (TPSA) is 70.2 Å². The van der Waals surface area contributed by atoms with Crippen LogP contribution in [0.2, 0.25) is 0 Å². The molecule has 2 heterocycles. The molecule has 1 aliphatic rings. The number of nitrogens with zero attached hydrogens (tertiary/aromatic N) is 1. The Hall–Kier alpha value is -2.24. The second-order valence-corrected chi connectivity index (χ2v) is 6.02. The Balaban J connectivity index is 0.00000169. The summed E-state index contributed by atoms with van der Waals surface area (Å²) in [5.74, 6) is 1.68.